The third-order valence-electron chi connectivity index (χ3n) is 3.01. The number of anilines is 2. The summed E-state index contributed by atoms with van der Waals surface area (Å²) in [5.41, 5.74) is 0.641. The van der Waals surface area contributed by atoms with Crippen molar-refractivity contribution >= 4 is 22.1 Å². The lowest BCUT2D eigenvalue weighted by atomic mass is 10.1. The van der Waals surface area contributed by atoms with Crippen molar-refractivity contribution in [3.8, 4) is 5.75 Å². The van der Waals surface area contributed by atoms with Gasteiger partial charge in [0.25, 0.3) is 0 Å². The normalized spacial score (nSPS) is 10.7. The number of rotatable bonds is 2. The molecule has 0 aliphatic rings. The van der Waals surface area contributed by atoms with Gasteiger partial charge in [-0.15, -0.1) is 0 Å². The van der Waals surface area contributed by atoms with E-state index in [4.69, 9.17) is 0 Å². The van der Waals surface area contributed by atoms with Gasteiger partial charge in [0.1, 0.15) is 17.4 Å². The molecule has 0 amide bonds. The number of halogens is 2. The molecule has 100 valence electrons. The minimum atomic E-state index is -0.673. The number of nitrogens with one attached hydrogen (secondary N) is 1. The predicted molar refractivity (Wildman–Crippen MR) is 75.3 cm³/mol. The highest BCUT2D eigenvalue weighted by molar-refractivity contribution is 5.89. The number of hydrogen-bond donors (Lipinski definition) is 2. The fourth-order valence-corrected chi connectivity index (χ4v) is 2.11. The van der Waals surface area contributed by atoms with E-state index < -0.39 is 11.6 Å². The summed E-state index contributed by atoms with van der Waals surface area (Å²) in [6.07, 6.45) is 0. The summed E-state index contributed by atoms with van der Waals surface area (Å²) >= 11 is 0. The van der Waals surface area contributed by atoms with Gasteiger partial charge in [-0.05, 0) is 35.0 Å². The van der Waals surface area contributed by atoms with Gasteiger partial charge < -0.3 is 10.4 Å². The van der Waals surface area contributed by atoms with Crippen LogP contribution in [0, 0.1) is 11.6 Å². The molecule has 4 heteroatoms. The van der Waals surface area contributed by atoms with Crippen LogP contribution in [0.2, 0.25) is 0 Å². The van der Waals surface area contributed by atoms with E-state index in [1.165, 1.54) is 0 Å². The molecule has 0 aliphatic heterocycles. The maximum absolute atomic E-state index is 13.1. The monoisotopic (exact) mass is 271 g/mol. The molecule has 0 saturated heterocycles. The molecule has 0 atom stereocenters. The molecule has 0 spiro atoms. The zero-order valence-electron chi connectivity index (χ0n) is 10.4. The topological polar surface area (TPSA) is 32.3 Å². The summed E-state index contributed by atoms with van der Waals surface area (Å²) in [4.78, 5) is 0. The standard InChI is InChI=1S/C16H11F2NO/c17-12-7-13(18)9-14(8-12)19-15-5-10-3-1-2-4-11(10)6-16(15)20/h1-9,19-20H. The van der Waals surface area contributed by atoms with Gasteiger partial charge in [-0.3, -0.25) is 0 Å². The Morgan fingerprint density at radius 3 is 2.05 bits per heavy atom. The molecule has 2 nitrogen and oxygen atoms in total. The average Bonchev–Trinajstić information content (AvgIpc) is 2.38. The zero-order chi connectivity index (χ0) is 14.1. The van der Waals surface area contributed by atoms with Gasteiger partial charge in [0.15, 0.2) is 0 Å². The number of phenolic OH excluding ortho intramolecular Hbond substituents is 1. The third kappa shape index (κ3) is 2.40. The van der Waals surface area contributed by atoms with Crippen LogP contribution in [0.25, 0.3) is 10.8 Å². The highest BCUT2D eigenvalue weighted by Crippen LogP contribution is 2.31. The van der Waals surface area contributed by atoms with Crippen LogP contribution in [-0.2, 0) is 0 Å². The van der Waals surface area contributed by atoms with Crippen LogP contribution in [-0.4, -0.2) is 5.11 Å². The number of fused-ring (bicyclic) bond motifs is 1. The summed E-state index contributed by atoms with van der Waals surface area (Å²) < 4.78 is 26.3. The highest BCUT2D eigenvalue weighted by Gasteiger charge is 2.06. The van der Waals surface area contributed by atoms with E-state index in [1.54, 1.807) is 12.1 Å². The largest absolute Gasteiger partial charge is 0.506 e. The molecule has 3 aromatic rings. The number of benzene rings is 3. The van der Waals surface area contributed by atoms with Crippen LogP contribution in [0.4, 0.5) is 20.2 Å². The van der Waals surface area contributed by atoms with Crippen LogP contribution in [0.3, 0.4) is 0 Å². The molecule has 0 saturated carbocycles. The van der Waals surface area contributed by atoms with Crippen LogP contribution < -0.4 is 5.32 Å². The van der Waals surface area contributed by atoms with E-state index in [0.717, 1.165) is 29.0 Å². The zero-order valence-corrected chi connectivity index (χ0v) is 10.4. The molecule has 0 heterocycles. The van der Waals surface area contributed by atoms with Crippen molar-refractivity contribution in [2.24, 2.45) is 0 Å². The molecular formula is C16H11F2NO. The molecule has 3 aromatic carbocycles. The summed E-state index contributed by atoms with van der Waals surface area (Å²) in [5, 5.41) is 14.6. The van der Waals surface area contributed by atoms with Crippen molar-refractivity contribution in [3.63, 3.8) is 0 Å². The van der Waals surface area contributed by atoms with Gasteiger partial charge in [-0.25, -0.2) is 8.78 Å². The summed E-state index contributed by atoms with van der Waals surface area (Å²) in [7, 11) is 0. The van der Waals surface area contributed by atoms with E-state index in [9.17, 15) is 13.9 Å². The SMILES string of the molecule is Oc1cc2ccccc2cc1Nc1cc(F)cc(F)c1. The molecule has 0 fully saturated rings. The average molecular weight is 271 g/mol. The quantitative estimate of drug-likeness (QED) is 0.669. The van der Waals surface area contributed by atoms with Gasteiger partial charge in [-0.2, -0.15) is 0 Å². The summed E-state index contributed by atoms with van der Waals surface area (Å²) in [6.45, 7) is 0. The molecule has 0 aliphatic carbocycles. The van der Waals surface area contributed by atoms with Gasteiger partial charge in [0, 0.05) is 11.8 Å². The number of aromatic hydroxyl groups is 1. The minimum Gasteiger partial charge on any atom is -0.506 e. The molecule has 3 rings (SSSR count). The lowest BCUT2D eigenvalue weighted by molar-refractivity contribution is 0.478. The molecule has 0 bridgehead atoms. The Bertz CT molecular complexity index is 766. The van der Waals surface area contributed by atoms with Crippen molar-refractivity contribution in [2.75, 3.05) is 5.32 Å². The Morgan fingerprint density at radius 2 is 1.40 bits per heavy atom. The Balaban J connectivity index is 2.03. The molecule has 0 radical (unpaired) electrons. The fraction of sp³-hybridized carbons (Fsp3) is 0. The van der Waals surface area contributed by atoms with E-state index in [1.807, 2.05) is 24.3 Å². The van der Waals surface area contributed by atoms with Crippen molar-refractivity contribution in [1.29, 1.82) is 0 Å². The summed E-state index contributed by atoms with van der Waals surface area (Å²) in [5.74, 6) is -1.33. The Labute approximate surface area is 114 Å². The first-order valence-electron chi connectivity index (χ1n) is 6.07. The molecule has 20 heavy (non-hydrogen) atoms. The van der Waals surface area contributed by atoms with Gasteiger partial charge in [-0.1, -0.05) is 24.3 Å². The predicted octanol–water partition coefficient (Wildman–Crippen LogP) is 4.57. The maximum Gasteiger partial charge on any atom is 0.139 e. The number of hydrogen-bond acceptors (Lipinski definition) is 2. The first kappa shape index (κ1) is 12.4. The van der Waals surface area contributed by atoms with Gasteiger partial charge >= 0.3 is 0 Å². The Kier molecular flexibility index (Phi) is 2.99. The molecule has 0 aromatic heterocycles. The first-order chi connectivity index (χ1) is 9.61. The van der Waals surface area contributed by atoms with Crippen LogP contribution >= 0.6 is 0 Å². The van der Waals surface area contributed by atoms with E-state index in [2.05, 4.69) is 5.32 Å². The minimum absolute atomic E-state index is 0.0216. The maximum atomic E-state index is 13.1. The third-order valence-corrected chi connectivity index (χ3v) is 3.01. The smallest absolute Gasteiger partial charge is 0.139 e. The van der Waals surface area contributed by atoms with E-state index >= 15 is 0 Å². The van der Waals surface area contributed by atoms with Gasteiger partial charge in [0.2, 0.25) is 0 Å². The van der Waals surface area contributed by atoms with E-state index in [0.29, 0.717) is 5.69 Å². The first-order valence-corrected chi connectivity index (χ1v) is 6.07. The Morgan fingerprint density at radius 1 is 0.800 bits per heavy atom. The second-order valence-electron chi connectivity index (χ2n) is 4.50. The number of phenols is 1. The van der Waals surface area contributed by atoms with Crippen LogP contribution in [0.15, 0.2) is 54.6 Å². The van der Waals surface area contributed by atoms with Crippen molar-refractivity contribution in [2.45, 2.75) is 0 Å². The van der Waals surface area contributed by atoms with Crippen LogP contribution in [0.1, 0.15) is 0 Å². The highest BCUT2D eigenvalue weighted by atomic mass is 19.1. The van der Waals surface area contributed by atoms with Crippen molar-refractivity contribution in [1.82, 2.24) is 0 Å². The fourth-order valence-electron chi connectivity index (χ4n) is 2.11. The molecular weight excluding hydrogens is 260 g/mol. The van der Waals surface area contributed by atoms with Crippen molar-refractivity contribution in [3.05, 3.63) is 66.2 Å². The molecule has 2 N–H and O–H groups in total. The van der Waals surface area contributed by atoms with Gasteiger partial charge in [0.05, 0.1) is 5.69 Å². The summed E-state index contributed by atoms with van der Waals surface area (Å²) in [6, 6.07) is 14.0. The lowest BCUT2D eigenvalue weighted by Gasteiger charge is -2.10. The molecule has 0 unspecified atom stereocenters. The van der Waals surface area contributed by atoms with Crippen LogP contribution in [0.5, 0.6) is 5.75 Å². The van der Waals surface area contributed by atoms with E-state index in [-0.39, 0.29) is 11.4 Å². The second-order valence-corrected chi connectivity index (χ2v) is 4.50. The van der Waals surface area contributed by atoms with Crippen molar-refractivity contribution < 1.29 is 13.9 Å². The Hall–Kier alpha value is -2.62. The second kappa shape index (κ2) is 4.81. The lowest BCUT2D eigenvalue weighted by Crippen LogP contribution is -1.93.